The normalized spacial score (nSPS) is 14.7. The van der Waals surface area contributed by atoms with Gasteiger partial charge in [-0.1, -0.05) is 38.0 Å². The first-order valence-electron chi connectivity index (χ1n) is 10.7. The number of nitrogens with one attached hydrogen (secondary N) is 2. The second kappa shape index (κ2) is 10.5. The van der Waals surface area contributed by atoms with Crippen molar-refractivity contribution in [3.63, 3.8) is 0 Å². The van der Waals surface area contributed by atoms with Gasteiger partial charge in [-0.15, -0.1) is 0 Å². The van der Waals surface area contributed by atoms with Crippen LogP contribution in [0.5, 0.6) is 0 Å². The van der Waals surface area contributed by atoms with Crippen LogP contribution < -0.4 is 10.6 Å². The van der Waals surface area contributed by atoms with Crippen LogP contribution in [0, 0.1) is 0 Å². The number of benzene rings is 2. The fourth-order valence-corrected chi connectivity index (χ4v) is 5.07. The van der Waals surface area contributed by atoms with Crippen molar-refractivity contribution in [2.24, 2.45) is 0 Å². The van der Waals surface area contributed by atoms with Gasteiger partial charge in [-0.2, -0.15) is 4.31 Å². The lowest BCUT2D eigenvalue weighted by Crippen LogP contribution is -2.35. The first-order chi connectivity index (χ1) is 14.9. The van der Waals surface area contributed by atoms with Crippen molar-refractivity contribution in [2.75, 3.05) is 25.0 Å². The van der Waals surface area contributed by atoms with Crippen LogP contribution in [0.25, 0.3) is 0 Å². The average molecular weight is 444 g/mol. The van der Waals surface area contributed by atoms with Gasteiger partial charge in [-0.3, -0.25) is 9.59 Å². The maximum atomic E-state index is 12.9. The predicted octanol–water partition coefficient (Wildman–Crippen LogP) is 3.64. The van der Waals surface area contributed by atoms with Crippen molar-refractivity contribution in [3.8, 4) is 0 Å². The minimum Gasteiger partial charge on any atom is -0.352 e. The quantitative estimate of drug-likeness (QED) is 0.609. The third-order valence-corrected chi connectivity index (χ3v) is 7.18. The lowest BCUT2D eigenvalue weighted by molar-refractivity contribution is 0.0954. The number of unbranched alkanes of at least 4 members (excludes halogenated alkanes) is 1. The molecule has 7 nitrogen and oxygen atoms in total. The van der Waals surface area contributed by atoms with Gasteiger partial charge in [0.05, 0.1) is 16.1 Å². The van der Waals surface area contributed by atoms with Crippen molar-refractivity contribution in [3.05, 3.63) is 59.7 Å². The molecule has 1 fully saturated rings. The van der Waals surface area contributed by atoms with E-state index in [1.54, 1.807) is 36.4 Å². The van der Waals surface area contributed by atoms with Crippen LogP contribution in [0.3, 0.4) is 0 Å². The molecule has 0 bridgehead atoms. The zero-order valence-electron chi connectivity index (χ0n) is 17.8. The standard InChI is InChI=1S/C23H29N3O4S/c1-2-3-14-24-23(28)20-12-5-6-13-21(20)25-22(27)18-10-9-11-19(17-18)31(29,30)26-15-7-4-8-16-26/h5-6,9-13,17H,2-4,7-8,14-16H2,1H3,(H,24,28)(H,25,27). The van der Waals surface area contributed by atoms with Crippen LogP contribution in [-0.2, 0) is 10.0 Å². The molecule has 1 saturated heterocycles. The van der Waals surface area contributed by atoms with Crippen molar-refractivity contribution in [1.82, 2.24) is 9.62 Å². The van der Waals surface area contributed by atoms with Crippen molar-refractivity contribution in [1.29, 1.82) is 0 Å². The number of piperidine rings is 1. The Hall–Kier alpha value is -2.71. The first kappa shape index (κ1) is 23.0. The SMILES string of the molecule is CCCCNC(=O)c1ccccc1NC(=O)c1cccc(S(=O)(=O)N2CCCCC2)c1. The molecule has 2 N–H and O–H groups in total. The Kier molecular flexibility index (Phi) is 7.81. The number of nitrogens with zero attached hydrogens (tertiary/aromatic N) is 1. The summed E-state index contributed by atoms with van der Waals surface area (Å²) in [5.74, 6) is -0.727. The molecule has 0 aliphatic carbocycles. The molecule has 2 amide bonds. The molecule has 166 valence electrons. The fourth-order valence-electron chi connectivity index (χ4n) is 3.51. The topological polar surface area (TPSA) is 95.6 Å². The molecule has 0 unspecified atom stereocenters. The average Bonchev–Trinajstić information content (AvgIpc) is 2.80. The van der Waals surface area contributed by atoms with Gasteiger partial charge in [0, 0.05) is 25.2 Å². The van der Waals surface area contributed by atoms with E-state index in [2.05, 4.69) is 10.6 Å². The zero-order valence-corrected chi connectivity index (χ0v) is 18.6. The molecule has 0 aromatic heterocycles. The molecule has 2 aromatic rings. The second-order valence-corrected chi connectivity index (χ2v) is 9.54. The summed E-state index contributed by atoms with van der Waals surface area (Å²) in [6.45, 7) is 3.60. The number of sulfonamides is 1. The second-order valence-electron chi connectivity index (χ2n) is 7.60. The molecular weight excluding hydrogens is 414 g/mol. The van der Waals surface area contributed by atoms with Crippen molar-refractivity contribution in [2.45, 2.75) is 43.9 Å². The third-order valence-electron chi connectivity index (χ3n) is 5.28. The number of amides is 2. The molecule has 8 heteroatoms. The number of para-hydroxylation sites is 1. The van der Waals surface area contributed by atoms with Crippen LogP contribution in [0.2, 0.25) is 0 Å². The lowest BCUT2D eigenvalue weighted by Gasteiger charge is -2.26. The summed E-state index contributed by atoms with van der Waals surface area (Å²) < 4.78 is 27.3. The van der Waals surface area contributed by atoms with Crippen molar-refractivity contribution < 1.29 is 18.0 Å². The van der Waals surface area contributed by atoms with Crippen molar-refractivity contribution >= 4 is 27.5 Å². The highest BCUT2D eigenvalue weighted by molar-refractivity contribution is 7.89. The Bertz CT molecular complexity index is 1030. The number of anilines is 1. The van der Waals surface area contributed by atoms with E-state index in [0.29, 0.717) is 30.9 Å². The van der Waals surface area contributed by atoms with E-state index in [-0.39, 0.29) is 16.4 Å². The van der Waals surface area contributed by atoms with Gasteiger partial charge in [0.15, 0.2) is 0 Å². The molecule has 0 saturated carbocycles. The molecule has 1 aliphatic rings. The van der Waals surface area contributed by atoms with Crippen LogP contribution >= 0.6 is 0 Å². The molecule has 1 aliphatic heterocycles. The minimum absolute atomic E-state index is 0.104. The van der Waals surface area contributed by atoms with Crippen LogP contribution in [0.4, 0.5) is 5.69 Å². The Morgan fingerprint density at radius 2 is 1.71 bits per heavy atom. The van der Waals surface area contributed by atoms with Gasteiger partial charge in [0.25, 0.3) is 11.8 Å². The van der Waals surface area contributed by atoms with Gasteiger partial charge in [-0.25, -0.2) is 8.42 Å². The van der Waals surface area contributed by atoms with E-state index in [9.17, 15) is 18.0 Å². The van der Waals surface area contributed by atoms with E-state index in [1.165, 1.54) is 16.4 Å². The van der Waals surface area contributed by atoms with Crippen LogP contribution in [0.1, 0.15) is 59.7 Å². The maximum absolute atomic E-state index is 12.9. The van der Waals surface area contributed by atoms with Gasteiger partial charge in [-0.05, 0) is 49.6 Å². The predicted molar refractivity (Wildman–Crippen MR) is 121 cm³/mol. The van der Waals surface area contributed by atoms with E-state index >= 15 is 0 Å². The summed E-state index contributed by atoms with van der Waals surface area (Å²) in [5.41, 5.74) is 0.967. The maximum Gasteiger partial charge on any atom is 0.255 e. The minimum atomic E-state index is -3.64. The Morgan fingerprint density at radius 1 is 0.968 bits per heavy atom. The summed E-state index contributed by atoms with van der Waals surface area (Å²) in [5, 5.41) is 5.59. The van der Waals surface area contributed by atoms with Gasteiger partial charge in [0.1, 0.15) is 0 Å². The van der Waals surface area contributed by atoms with Gasteiger partial charge < -0.3 is 10.6 Å². The van der Waals surface area contributed by atoms with Gasteiger partial charge >= 0.3 is 0 Å². The van der Waals surface area contributed by atoms with Crippen LogP contribution in [-0.4, -0.2) is 44.2 Å². The van der Waals surface area contributed by atoms with E-state index in [0.717, 1.165) is 32.1 Å². The molecule has 0 atom stereocenters. The molecular formula is C23H29N3O4S. The smallest absolute Gasteiger partial charge is 0.255 e. The summed E-state index contributed by atoms with van der Waals surface area (Å²) in [6, 6.07) is 12.8. The summed E-state index contributed by atoms with van der Waals surface area (Å²) in [4.78, 5) is 25.4. The number of carbonyl (C=O) groups excluding carboxylic acids is 2. The highest BCUT2D eigenvalue weighted by Gasteiger charge is 2.26. The number of rotatable bonds is 8. The van der Waals surface area contributed by atoms with Gasteiger partial charge in [0.2, 0.25) is 10.0 Å². The zero-order chi connectivity index (χ0) is 22.3. The number of hydrogen-bond acceptors (Lipinski definition) is 4. The Labute approximate surface area is 183 Å². The molecule has 0 spiro atoms. The number of hydrogen-bond donors (Lipinski definition) is 2. The lowest BCUT2D eigenvalue weighted by atomic mass is 10.1. The summed E-state index contributed by atoms with van der Waals surface area (Å²) in [6.07, 6.45) is 4.56. The van der Waals surface area contributed by atoms with E-state index in [4.69, 9.17) is 0 Å². The Balaban J connectivity index is 1.78. The van der Waals surface area contributed by atoms with Crippen LogP contribution in [0.15, 0.2) is 53.4 Å². The largest absolute Gasteiger partial charge is 0.352 e. The monoisotopic (exact) mass is 443 g/mol. The summed E-state index contributed by atoms with van der Waals surface area (Å²) in [7, 11) is -3.64. The molecule has 3 rings (SSSR count). The third kappa shape index (κ3) is 5.71. The Morgan fingerprint density at radius 3 is 2.45 bits per heavy atom. The molecule has 31 heavy (non-hydrogen) atoms. The number of carbonyl (C=O) groups is 2. The molecule has 2 aromatic carbocycles. The fraction of sp³-hybridized carbons (Fsp3) is 0.391. The van der Waals surface area contributed by atoms with E-state index < -0.39 is 15.9 Å². The summed E-state index contributed by atoms with van der Waals surface area (Å²) >= 11 is 0. The van der Waals surface area contributed by atoms with E-state index in [1.807, 2.05) is 6.92 Å². The first-order valence-corrected chi connectivity index (χ1v) is 12.2. The molecule has 0 radical (unpaired) electrons. The highest BCUT2D eigenvalue weighted by atomic mass is 32.2. The highest BCUT2D eigenvalue weighted by Crippen LogP contribution is 2.22. The molecule has 1 heterocycles.